The van der Waals surface area contributed by atoms with Crippen LogP contribution in [0.1, 0.15) is 153 Å². The van der Waals surface area contributed by atoms with E-state index in [1.165, 1.54) is 18.9 Å². The minimum Gasteiger partial charge on any atom is -0.462 e. The molecule has 0 amide bonds. The van der Waals surface area contributed by atoms with Crippen LogP contribution in [0.4, 0.5) is 0 Å². The Bertz CT molecular complexity index is 1370. The van der Waals surface area contributed by atoms with Crippen LogP contribution < -0.4 is 0 Å². The number of carbonyl (C=O) groups is 2. The molecular formula is C45H78O5Si2. The van der Waals surface area contributed by atoms with Crippen LogP contribution >= 0.6 is 0 Å². The third-order valence-corrected chi connectivity index (χ3v) is 24.2. The van der Waals surface area contributed by atoms with E-state index in [1.54, 1.807) is 5.57 Å². The second-order valence-electron chi connectivity index (χ2n) is 20.9. The lowest BCUT2D eigenvalue weighted by molar-refractivity contribution is -0.153. The number of rotatable bonds is 14. The first-order chi connectivity index (χ1) is 23.9. The lowest BCUT2D eigenvalue weighted by atomic mass is 9.60. The molecule has 4 aliphatic rings. The fourth-order valence-corrected chi connectivity index (χ4v) is 12.1. The Hall–Kier alpha value is -1.29. The highest BCUT2D eigenvalue weighted by Crippen LogP contribution is 2.60. The second kappa shape index (κ2) is 16.1. The summed E-state index contributed by atoms with van der Waals surface area (Å²) in [5.74, 6) is 1.11. The standard InChI is InChI=1S/C45H78O5Si2/c1-16-17-25-45(26-27-45)41(47)30-39(48-33(4)46)32(3)37-22-23-38-34(19-18-24-44(37,38)11)20-21-35-28-36(49-51(12,13)42(5,6)7)29-40(31(35)2)50-52(14,15)43(8,9)10/h20-21,32,36-40H,2,16-19,22-30H2,1,3-15H3/t32-,36?,37+,38-,39?,40?,44+/m0/s1. The van der Waals surface area contributed by atoms with E-state index >= 15 is 0 Å². The fraction of sp³-hybridized carbons (Fsp3) is 0.822. The zero-order valence-corrected chi connectivity index (χ0v) is 38.1. The molecule has 0 spiro atoms. The maximum Gasteiger partial charge on any atom is 0.302 e. The van der Waals surface area contributed by atoms with Crippen molar-refractivity contribution in [2.24, 2.45) is 28.6 Å². The number of carbonyl (C=O) groups excluding carboxylic acids is 2. The lowest BCUT2D eigenvalue weighted by Crippen LogP contribution is -2.49. The summed E-state index contributed by atoms with van der Waals surface area (Å²) in [5.41, 5.74) is 3.93. The van der Waals surface area contributed by atoms with Gasteiger partial charge in [0.15, 0.2) is 16.6 Å². The molecule has 0 aromatic rings. The summed E-state index contributed by atoms with van der Waals surface area (Å²) in [5, 5.41) is 0.257. The zero-order chi connectivity index (χ0) is 39.1. The Morgan fingerprint density at radius 3 is 2.13 bits per heavy atom. The molecule has 4 rings (SSSR count). The monoisotopic (exact) mass is 755 g/mol. The predicted octanol–water partition coefficient (Wildman–Crippen LogP) is 12.7. The van der Waals surface area contributed by atoms with E-state index in [9.17, 15) is 9.59 Å². The molecule has 4 fully saturated rings. The molecule has 0 heterocycles. The summed E-state index contributed by atoms with van der Waals surface area (Å²) in [7, 11) is -4.02. The normalized spacial score (nSPS) is 31.0. The minimum atomic E-state index is -2.03. The summed E-state index contributed by atoms with van der Waals surface area (Å²) < 4.78 is 20.2. The molecule has 0 aromatic carbocycles. The Labute approximate surface area is 321 Å². The van der Waals surface area contributed by atoms with Crippen LogP contribution in [0.2, 0.25) is 36.3 Å². The first-order valence-electron chi connectivity index (χ1n) is 21.0. The highest BCUT2D eigenvalue weighted by molar-refractivity contribution is 6.74. The van der Waals surface area contributed by atoms with Crippen molar-refractivity contribution in [3.05, 3.63) is 35.5 Å². The molecule has 3 unspecified atom stereocenters. The van der Waals surface area contributed by atoms with Crippen molar-refractivity contribution in [1.29, 1.82) is 0 Å². The molecule has 7 atom stereocenters. The van der Waals surface area contributed by atoms with Gasteiger partial charge >= 0.3 is 5.97 Å². The van der Waals surface area contributed by atoms with Crippen molar-refractivity contribution in [3.8, 4) is 0 Å². The van der Waals surface area contributed by atoms with Gasteiger partial charge in [0.1, 0.15) is 11.9 Å². The third-order valence-electron chi connectivity index (χ3n) is 15.2. The second-order valence-corrected chi connectivity index (χ2v) is 30.4. The van der Waals surface area contributed by atoms with Gasteiger partial charge in [-0.25, -0.2) is 0 Å². The van der Waals surface area contributed by atoms with Gasteiger partial charge in [-0.1, -0.05) is 99.5 Å². The van der Waals surface area contributed by atoms with E-state index < -0.39 is 16.6 Å². The van der Waals surface area contributed by atoms with Crippen molar-refractivity contribution >= 4 is 28.4 Å². The zero-order valence-electron chi connectivity index (χ0n) is 36.1. The van der Waals surface area contributed by atoms with Gasteiger partial charge in [0, 0.05) is 25.2 Å². The molecule has 4 saturated carbocycles. The number of allylic oxidation sites excluding steroid dienone is 3. The van der Waals surface area contributed by atoms with Crippen LogP contribution in [0.5, 0.6) is 0 Å². The number of hydrogen-bond acceptors (Lipinski definition) is 5. The molecule has 4 aliphatic carbocycles. The Morgan fingerprint density at radius 2 is 1.58 bits per heavy atom. The SMILES string of the molecule is C=C1C(=CC=C2CCC[C@]3(C)[C@@H]([C@H](C)C(CC(=O)C4(CCCC)CC4)OC(C)=O)CC[C@@H]23)CC(O[Si](C)(C)C(C)(C)C)CC1O[Si](C)(C)C(C)(C)C. The summed E-state index contributed by atoms with van der Waals surface area (Å²) >= 11 is 0. The van der Waals surface area contributed by atoms with Gasteiger partial charge in [-0.2, -0.15) is 0 Å². The first kappa shape index (κ1) is 43.4. The maximum atomic E-state index is 13.7. The first-order valence-corrected chi connectivity index (χ1v) is 26.8. The molecule has 7 heteroatoms. The van der Waals surface area contributed by atoms with Gasteiger partial charge in [0.2, 0.25) is 0 Å². The number of ketones is 1. The molecule has 0 aromatic heterocycles. The average molecular weight is 755 g/mol. The number of ether oxygens (including phenoxy) is 1. The molecule has 0 bridgehead atoms. The molecule has 52 heavy (non-hydrogen) atoms. The van der Waals surface area contributed by atoms with Crippen LogP contribution in [-0.2, 0) is 23.2 Å². The summed E-state index contributed by atoms with van der Waals surface area (Å²) in [6.45, 7) is 36.5. The number of Topliss-reactive ketones (excluding diaryl/α,β-unsaturated/α-hetero) is 1. The van der Waals surface area contributed by atoms with Crippen molar-refractivity contribution in [3.63, 3.8) is 0 Å². The van der Waals surface area contributed by atoms with E-state index in [1.807, 2.05) is 0 Å². The van der Waals surface area contributed by atoms with E-state index in [0.29, 0.717) is 24.0 Å². The highest BCUT2D eigenvalue weighted by atomic mass is 28.4. The molecular weight excluding hydrogens is 677 g/mol. The van der Waals surface area contributed by atoms with Gasteiger partial charge in [0.05, 0.1) is 12.2 Å². The van der Waals surface area contributed by atoms with Gasteiger partial charge < -0.3 is 13.6 Å². The summed E-state index contributed by atoms with van der Waals surface area (Å²) in [6, 6.07) is 0. The third kappa shape index (κ3) is 9.56. The van der Waals surface area contributed by atoms with Crippen LogP contribution in [0.15, 0.2) is 35.5 Å². The van der Waals surface area contributed by atoms with Crippen molar-refractivity contribution in [2.75, 3.05) is 0 Å². The van der Waals surface area contributed by atoms with Gasteiger partial charge in [-0.15, -0.1) is 0 Å². The Morgan fingerprint density at radius 1 is 0.962 bits per heavy atom. The van der Waals surface area contributed by atoms with E-state index in [2.05, 4.69) is 101 Å². The maximum absolute atomic E-state index is 13.7. The predicted molar refractivity (Wildman–Crippen MR) is 222 cm³/mol. The molecule has 0 saturated heterocycles. The minimum absolute atomic E-state index is 0.0277. The van der Waals surface area contributed by atoms with Crippen molar-refractivity contribution in [1.82, 2.24) is 0 Å². The molecule has 0 aliphatic heterocycles. The van der Waals surface area contributed by atoms with Crippen LogP contribution in [0.3, 0.4) is 0 Å². The Kier molecular flexibility index (Phi) is 13.4. The largest absolute Gasteiger partial charge is 0.462 e. The fourth-order valence-electron chi connectivity index (χ4n) is 9.45. The van der Waals surface area contributed by atoms with E-state index in [0.717, 1.165) is 76.2 Å². The topological polar surface area (TPSA) is 61.8 Å². The van der Waals surface area contributed by atoms with Crippen LogP contribution in [-0.4, -0.2) is 46.7 Å². The van der Waals surface area contributed by atoms with Crippen molar-refractivity contribution in [2.45, 2.75) is 207 Å². The summed E-state index contributed by atoms with van der Waals surface area (Å²) in [6.07, 6.45) is 17.6. The van der Waals surface area contributed by atoms with E-state index in [4.69, 9.17) is 20.2 Å². The van der Waals surface area contributed by atoms with E-state index in [-0.39, 0.29) is 51.1 Å². The van der Waals surface area contributed by atoms with Crippen molar-refractivity contribution < 1.29 is 23.2 Å². The average Bonchev–Trinajstić information content (AvgIpc) is 3.72. The number of unbranched alkanes of at least 4 members (excludes halogenated alkanes) is 1. The molecule has 0 radical (unpaired) electrons. The molecule has 0 N–H and O–H groups in total. The van der Waals surface area contributed by atoms with Gasteiger partial charge in [-0.3, -0.25) is 9.59 Å². The van der Waals surface area contributed by atoms with Gasteiger partial charge in [-0.05, 0) is 128 Å². The van der Waals surface area contributed by atoms with Gasteiger partial charge in [0.25, 0.3) is 0 Å². The number of hydrogen-bond donors (Lipinski definition) is 0. The Balaban J connectivity index is 1.59. The van der Waals surface area contributed by atoms with Crippen LogP contribution in [0, 0.1) is 28.6 Å². The number of fused-ring (bicyclic) bond motifs is 1. The lowest BCUT2D eigenvalue weighted by Gasteiger charge is -2.46. The smallest absolute Gasteiger partial charge is 0.302 e. The van der Waals surface area contributed by atoms with Crippen LogP contribution in [0.25, 0.3) is 0 Å². The molecule has 296 valence electrons. The summed E-state index contributed by atoms with van der Waals surface area (Å²) in [4.78, 5) is 26.1. The quantitative estimate of drug-likeness (QED) is 0.131. The molecule has 5 nitrogen and oxygen atoms in total. The highest BCUT2D eigenvalue weighted by Gasteiger charge is 2.54. The number of esters is 1.